The molecule has 0 spiro atoms. The number of carbonyl (C=O) groups is 1. The predicted octanol–water partition coefficient (Wildman–Crippen LogP) is 4.79. The molecule has 0 fully saturated rings. The molecule has 2 atom stereocenters. The smallest absolute Gasteiger partial charge is 0.192 e. The zero-order chi connectivity index (χ0) is 14.0. The van der Waals surface area contributed by atoms with E-state index in [-0.39, 0.29) is 6.10 Å². The van der Waals surface area contributed by atoms with Crippen LogP contribution in [0.1, 0.15) is 60.3 Å². The summed E-state index contributed by atoms with van der Waals surface area (Å²) in [6.07, 6.45) is 5.39. The highest BCUT2D eigenvalue weighted by molar-refractivity contribution is 6.73. The molecule has 0 bridgehead atoms. The van der Waals surface area contributed by atoms with Crippen LogP contribution in [0.15, 0.2) is 0 Å². The minimum absolute atomic E-state index is 0.153. The summed E-state index contributed by atoms with van der Waals surface area (Å²) in [6, 6.07) is 3.49. The molecule has 0 aliphatic carbocycles. The molecule has 0 rings (SSSR count). The van der Waals surface area contributed by atoms with E-state index in [1.54, 1.807) is 0 Å². The fraction of sp³-hybridized carbons (Fsp3) is 0.933. The van der Waals surface area contributed by atoms with E-state index in [0.29, 0.717) is 12.3 Å². The number of hydrogen-bond donors (Lipinski definition) is 0. The van der Waals surface area contributed by atoms with E-state index in [2.05, 4.69) is 34.6 Å². The third-order valence-electron chi connectivity index (χ3n) is 4.31. The predicted molar refractivity (Wildman–Crippen MR) is 81.4 cm³/mol. The normalized spacial score (nSPS) is 15.4. The van der Waals surface area contributed by atoms with Crippen LogP contribution in [0, 0.1) is 5.92 Å². The molecule has 0 aliphatic heterocycles. The lowest BCUT2D eigenvalue weighted by Gasteiger charge is -2.35. The van der Waals surface area contributed by atoms with Crippen molar-refractivity contribution < 1.29 is 9.22 Å². The molecule has 0 aliphatic rings. The Balaban J connectivity index is 4.62. The molecular weight excluding hydrogens is 240 g/mol. The second-order valence-corrected chi connectivity index (χ2v) is 10.1. The fourth-order valence-electron chi connectivity index (χ4n) is 2.52. The average molecular weight is 273 g/mol. The zero-order valence-electron chi connectivity index (χ0n) is 13.0. The standard InChI is InChI=1S/C15H32O2Si/c1-6-10-11-14(5)15(12-13-16)17-18(7-2,8-3)9-4/h13-15H,6-12H2,1-5H3/t14-,15+/m0/s1. The number of hydrogen-bond acceptors (Lipinski definition) is 2. The number of aldehydes is 1. The number of rotatable bonds is 11. The summed E-state index contributed by atoms with van der Waals surface area (Å²) < 4.78 is 6.49. The molecule has 0 unspecified atom stereocenters. The number of carbonyl (C=O) groups excluding carboxylic acids is 1. The van der Waals surface area contributed by atoms with Crippen LogP contribution in [0.4, 0.5) is 0 Å². The first-order valence-electron chi connectivity index (χ1n) is 7.70. The van der Waals surface area contributed by atoms with Crippen LogP contribution >= 0.6 is 0 Å². The molecule has 0 saturated heterocycles. The molecule has 3 heteroatoms. The van der Waals surface area contributed by atoms with Crippen LogP contribution in [0.3, 0.4) is 0 Å². The molecule has 108 valence electrons. The van der Waals surface area contributed by atoms with Crippen molar-refractivity contribution >= 4 is 14.6 Å². The summed E-state index contributed by atoms with van der Waals surface area (Å²) in [5, 5.41) is 0. The van der Waals surface area contributed by atoms with Gasteiger partial charge in [0.15, 0.2) is 8.32 Å². The third kappa shape index (κ3) is 5.66. The topological polar surface area (TPSA) is 26.3 Å². The Kier molecular flexibility index (Phi) is 9.65. The number of unbranched alkanes of at least 4 members (excludes halogenated alkanes) is 1. The van der Waals surface area contributed by atoms with Gasteiger partial charge in [-0.1, -0.05) is 47.5 Å². The molecule has 0 heterocycles. The van der Waals surface area contributed by atoms with Gasteiger partial charge in [0.25, 0.3) is 0 Å². The molecule has 2 nitrogen and oxygen atoms in total. The van der Waals surface area contributed by atoms with Gasteiger partial charge < -0.3 is 9.22 Å². The Morgan fingerprint density at radius 3 is 2.06 bits per heavy atom. The van der Waals surface area contributed by atoms with Gasteiger partial charge in [-0.3, -0.25) is 0 Å². The molecule has 0 aromatic carbocycles. The summed E-state index contributed by atoms with van der Waals surface area (Å²) in [5.74, 6) is 0.506. The Morgan fingerprint density at radius 2 is 1.67 bits per heavy atom. The van der Waals surface area contributed by atoms with Crippen molar-refractivity contribution in [3.63, 3.8) is 0 Å². The largest absolute Gasteiger partial charge is 0.413 e. The maximum atomic E-state index is 10.9. The van der Waals surface area contributed by atoms with Gasteiger partial charge in [-0.2, -0.15) is 0 Å². The van der Waals surface area contributed by atoms with E-state index in [0.717, 1.165) is 24.4 Å². The van der Waals surface area contributed by atoms with Gasteiger partial charge in [0.05, 0.1) is 6.10 Å². The molecule has 0 N–H and O–H groups in total. The van der Waals surface area contributed by atoms with Crippen molar-refractivity contribution in [2.75, 3.05) is 0 Å². The molecular formula is C15H32O2Si. The summed E-state index contributed by atoms with van der Waals surface area (Å²) in [4.78, 5) is 10.9. The second kappa shape index (κ2) is 9.73. The minimum atomic E-state index is -1.58. The van der Waals surface area contributed by atoms with Crippen molar-refractivity contribution in [3.05, 3.63) is 0 Å². The van der Waals surface area contributed by atoms with Gasteiger partial charge in [-0.05, 0) is 30.5 Å². The van der Waals surface area contributed by atoms with Crippen LogP contribution in [0.25, 0.3) is 0 Å². The highest BCUT2D eigenvalue weighted by Gasteiger charge is 2.33. The van der Waals surface area contributed by atoms with E-state index in [1.807, 2.05) is 0 Å². The van der Waals surface area contributed by atoms with Crippen LogP contribution < -0.4 is 0 Å². The SMILES string of the molecule is CCCC[C@H](C)[C@@H](CC=O)O[Si](CC)(CC)CC. The van der Waals surface area contributed by atoms with Crippen LogP contribution in [-0.4, -0.2) is 20.7 Å². The molecule has 0 aromatic rings. The lowest BCUT2D eigenvalue weighted by atomic mass is 9.96. The van der Waals surface area contributed by atoms with E-state index in [4.69, 9.17) is 4.43 Å². The van der Waals surface area contributed by atoms with Crippen molar-refractivity contribution in [2.24, 2.45) is 5.92 Å². The summed E-state index contributed by atoms with van der Waals surface area (Å²) in [6.45, 7) is 11.2. The molecule has 0 radical (unpaired) electrons. The van der Waals surface area contributed by atoms with Gasteiger partial charge in [-0.25, -0.2) is 0 Å². The van der Waals surface area contributed by atoms with Crippen LogP contribution in [-0.2, 0) is 9.22 Å². The average Bonchev–Trinajstić information content (AvgIpc) is 2.41. The molecule has 18 heavy (non-hydrogen) atoms. The van der Waals surface area contributed by atoms with Crippen LogP contribution in [0.2, 0.25) is 18.1 Å². The van der Waals surface area contributed by atoms with Gasteiger partial charge in [0.1, 0.15) is 6.29 Å². The van der Waals surface area contributed by atoms with Gasteiger partial charge in [-0.15, -0.1) is 0 Å². The van der Waals surface area contributed by atoms with Gasteiger partial charge in [0.2, 0.25) is 0 Å². The summed E-state index contributed by atoms with van der Waals surface area (Å²) >= 11 is 0. The maximum absolute atomic E-state index is 10.9. The van der Waals surface area contributed by atoms with E-state index < -0.39 is 8.32 Å². The first-order chi connectivity index (χ1) is 8.59. The van der Waals surface area contributed by atoms with Crippen molar-refractivity contribution in [1.82, 2.24) is 0 Å². The maximum Gasteiger partial charge on any atom is 0.192 e. The fourth-order valence-corrected chi connectivity index (χ4v) is 5.50. The molecule has 0 saturated carbocycles. The Bertz CT molecular complexity index is 206. The van der Waals surface area contributed by atoms with E-state index in [9.17, 15) is 4.79 Å². The Morgan fingerprint density at radius 1 is 1.11 bits per heavy atom. The highest BCUT2D eigenvalue weighted by atomic mass is 28.4. The second-order valence-electron chi connectivity index (χ2n) is 5.42. The van der Waals surface area contributed by atoms with Crippen molar-refractivity contribution in [3.8, 4) is 0 Å². The first kappa shape index (κ1) is 17.8. The summed E-state index contributed by atoms with van der Waals surface area (Å²) in [5.41, 5.74) is 0. The van der Waals surface area contributed by atoms with E-state index >= 15 is 0 Å². The Labute approximate surface area is 115 Å². The third-order valence-corrected chi connectivity index (χ3v) is 8.98. The summed E-state index contributed by atoms with van der Waals surface area (Å²) in [7, 11) is -1.58. The van der Waals surface area contributed by atoms with Gasteiger partial charge in [0, 0.05) is 6.42 Å². The quantitative estimate of drug-likeness (QED) is 0.399. The lowest BCUT2D eigenvalue weighted by Crippen LogP contribution is -2.42. The minimum Gasteiger partial charge on any atom is -0.413 e. The van der Waals surface area contributed by atoms with E-state index in [1.165, 1.54) is 19.3 Å². The monoisotopic (exact) mass is 272 g/mol. The van der Waals surface area contributed by atoms with Crippen molar-refractivity contribution in [2.45, 2.75) is 84.5 Å². The molecule has 0 amide bonds. The van der Waals surface area contributed by atoms with Crippen molar-refractivity contribution in [1.29, 1.82) is 0 Å². The van der Waals surface area contributed by atoms with Crippen LogP contribution in [0.5, 0.6) is 0 Å². The van der Waals surface area contributed by atoms with Gasteiger partial charge >= 0.3 is 0 Å². The first-order valence-corrected chi connectivity index (χ1v) is 10.2. The lowest BCUT2D eigenvalue weighted by molar-refractivity contribution is -0.109. The molecule has 0 aromatic heterocycles. The highest BCUT2D eigenvalue weighted by Crippen LogP contribution is 2.28. The zero-order valence-corrected chi connectivity index (χ0v) is 14.0. The Hall–Kier alpha value is -0.153.